The van der Waals surface area contributed by atoms with E-state index in [0.29, 0.717) is 11.4 Å². The lowest BCUT2D eigenvalue weighted by Gasteiger charge is -2.34. The van der Waals surface area contributed by atoms with Crippen LogP contribution in [0.1, 0.15) is 13.3 Å². The average molecular weight is 310 g/mol. The highest BCUT2D eigenvalue weighted by Gasteiger charge is 2.22. The molecule has 1 saturated heterocycles. The molecule has 2 aromatic rings. The van der Waals surface area contributed by atoms with Gasteiger partial charge in [-0.15, -0.1) is 0 Å². The Morgan fingerprint density at radius 2 is 2.10 bits per heavy atom. The van der Waals surface area contributed by atoms with Gasteiger partial charge in [0.05, 0.1) is 9.72 Å². The van der Waals surface area contributed by atoms with Crippen molar-refractivity contribution >= 4 is 44.2 Å². The van der Waals surface area contributed by atoms with Crippen LogP contribution < -0.4 is 4.90 Å². The monoisotopic (exact) mass is 309 g/mol. The fourth-order valence-electron chi connectivity index (χ4n) is 2.41. The fourth-order valence-corrected chi connectivity index (χ4v) is 3.73. The molecule has 1 aliphatic heterocycles. The molecule has 2 heterocycles. The number of benzene rings is 1. The number of nitrogens with zero attached hydrogens (tertiary/aromatic N) is 3. The zero-order chi connectivity index (χ0) is 14.1. The van der Waals surface area contributed by atoms with Crippen LogP contribution in [0.5, 0.6) is 0 Å². The van der Waals surface area contributed by atoms with Crippen molar-refractivity contribution in [3.63, 3.8) is 0 Å². The number of thiazole rings is 1. The van der Waals surface area contributed by atoms with Crippen LogP contribution in [0.4, 0.5) is 5.13 Å². The van der Waals surface area contributed by atoms with Crippen LogP contribution in [0.2, 0.25) is 5.02 Å². The highest BCUT2D eigenvalue weighted by Crippen LogP contribution is 2.33. The molecule has 20 heavy (non-hydrogen) atoms. The Balaban J connectivity index is 1.77. The van der Waals surface area contributed by atoms with Crippen molar-refractivity contribution < 1.29 is 4.79 Å². The molecule has 0 bridgehead atoms. The lowest BCUT2D eigenvalue weighted by Crippen LogP contribution is -2.48. The van der Waals surface area contributed by atoms with E-state index in [0.717, 1.165) is 41.5 Å². The minimum atomic E-state index is 0.233. The summed E-state index contributed by atoms with van der Waals surface area (Å²) in [5.74, 6) is 0.233. The summed E-state index contributed by atoms with van der Waals surface area (Å²) in [5, 5.41) is 1.70. The summed E-state index contributed by atoms with van der Waals surface area (Å²) in [6, 6.07) is 5.86. The fraction of sp³-hybridized carbons (Fsp3) is 0.429. The van der Waals surface area contributed by atoms with Gasteiger partial charge in [-0.25, -0.2) is 4.98 Å². The molecular formula is C14H16ClN3OS. The van der Waals surface area contributed by atoms with Gasteiger partial charge >= 0.3 is 0 Å². The van der Waals surface area contributed by atoms with Crippen LogP contribution in [-0.2, 0) is 4.79 Å². The first kappa shape index (κ1) is 13.6. The smallest absolute Gasteiger partial charge is 0.222 e. The maximum atomic E-state index is 11.7. The van der Waals surface area contributed by atoms with E-state index in [9.17, 15) is 4.79 Å². The third-order valence-electron chi connectivity index (χ3n) is 3.56. The van der Waals surface area contributed by atoms with Gasteiger partial charge in [0.15, 0.2) is 5.13 Å². The summed E-state index contributed by atoms with van der Waals surface area (Å²) in [4.78, 5) is 20.5. The molecule has 1 amide bonds. The molecule has 1 aromatic heterocycles. The molecule has 1 aromatic carbocycles. The van der Waals surface area contributed by atoms with Crippen LogP contribution in [0.25, 0.3) is 10.2 Å². The molecular weight excluding hydrogens is 294 g/mol. The van der Waals surface area contributed by atoms with E-state index in [1.165, 1.54) is 0 Å². The van der Waals surface area contributed by atoms with Crippen LogP contribution in [0, 0.1) is 0 Å². The summed E-state index contributed by atoms with van der Waals surface area (Å²) >= 11 is 7.83. The Kier molecular flexibility index (Phi) is 3.81. The Bertz CT molecular complexity index is 634. The minimum absolute atomic E-state index is 0.233. The van der Waals surface area contributed by atoms with Crippen LogP contribution in [-0.4, -0.2) is 42.0 Å². The predicted octanol–water partition coefficient (Wildman–Crippen LogP) is 3.01. The quantitative estimate of drug-likeness (QED) is 0.855. The SMILES string of the molecule is CCC(=O)N1CCN(c2nc3c(Cl)cccc3s2)CC1. The van der Waals surface area contributed by atoms with E-state index >= 15 is 0 Å². The first-order chi connectivity index (χ1) is 9.69. The van der Waals surface area contributed by atoms with E-state index in [1.807, 2.05) is 30.0 Å². The molecule has 0 unspecified atom stereocenters. The Hall–Kier alpha value is -1.33. The van der Waals surface area contributed by atoms with Crippen LogP contribution in [0.15, 0.2) is 18.2 Å². The van der Waals surface area contributed by atoms with Crippen LogP contribution in [0.3, 0.4) is 0 Å². The number of halogens is 1. The number of anilines is 1. The first-order valence-electron chi connectivity index (χ1n) is 6.77. The summed E-state index contributed by atoms with van der Waals surface area (Å²) in [5.41, 5.74) is 0.876. The number of piperazine rings is 1. The summed E-state index contributed by atoms with van der Waals surface area (Å²) in [6.07, 6.45) is 0.580. The lowest BCUT2D eigenvalue weighted by molar-refractivity contribution is -0.131. The average Bonchev–Trinajstić information content (AvgIpc) is 2.92. The molecule has 0 spiro atoms. The Morgan fingerprint density at radius 3 is 2.75 bits per heavy atom. The van der Waals surface area contributed by atoms with Crippen molar-refractivity contribution in [3.05, 3.63) is 23.2 Å². The highest BCUT2D eigenvalue weighted by atomic mass is 35.5. The summed E-state index contributed by atoms with van der Waals surface area (Å²) in [6.45, 7) is 5.13. The molecule has 0 saturated carbocycles. The topological polar surface area (TPSA) is 36.4 Å². The van der Waals surface area contributed by atoms with Gasteiger partial charge < -0.3 is 9.80 Å². The second-order valence-electron chi connectivity index (χ2n) is 4.80. The zero-order valence-electron chi connectivity index (χ0n) is 11.3. The molecule has 4 nitrogen and oxygen atoms in total. The van der Waals surface area contributed by atoms with Gasteiger partial charge in [-0.05, 0) is 12.1 Å². The van der Waals surface area contributed by atoms with Crippen LogP contribution >= 0.6 is 22.9 Å². The van der Waals surface area contributed by atoms with Gasteiger partial charge in [-0.1, -0.05) is 35.9 Å². The van der Waals surface area contributed by atoms with Gasteiger partial charge in [-0.3, -0.25) is 4.79 Å². The number of fused-ring (bicyclic) bond motifs is 1. The third-order valence-corrected chi connectivity index (χ3v) is 4.95. The molecule has 106 valence electrons. The van der Waals surface area contributed by atoms with Gasteiger partial charge in [-0.2, -0.15) is 0 Å². The van der Waals surface area contributed by atoms with Gasteiger partial charge in [0.2, 0.25) is 5.91 Å². The van der Waals surface area contributed by atoms with E-state index in [4.69, 9.17) is 11.6 Å². The van der Waals surface area contributed by atoms with Crippen molar-refractivity contribution in [2.75, 3.05) is 31.1 Å². The standard InChI is InChI=1S/C14H16ClN3OS/c1-2-12(19)17-6-8-18(9-7-17)14-16-13-10(15)4-3-5-11(13)20-14/h3-5H,2,6-9H2,1H3. The van der Waals surface area contributed by atoms with E-state index in [-0.39, 0.29) is 5.91 Å². The number of hydrogen-bond acceptors (Lipinski definition) is 4. The maximum absolute atomic E-state index is 11.7. The first-order valence-corrected chi connectivity index (χ1v) is 7.96. The molecule has 0 atom stereocenters. The van der Waals surface area contributed by atoms with Crippen molar-refractivity contribution in [3.8, 4) is 0 Å². The Morgan fingerprint density at radius 1 is 1.35 bits per heavy atom. The molecule has 3 rings (SSSR count). The number of para-hydroxylation sites is 1. The molecule has 0 N–H and O–H groups in total. The second kappa shape index (κ2) is 5.58. The summed E-state index contributed by atoms with van der Waals surface area (Å²) in [7, 11) is 0. The second-order valence-corrected chi connectivity index (χ2v) is 6.22. The number of hydrogen-bond donors (Lipinski definition) is 0. The maximum Gasteiger partial charge on any atom is 0.222 e. The number of carbonyl (C=O) groups is 1. The molecule has 0 aliphatic carbocycles. The van der Waals surface area contributed by atoms with E-state index in [2.05, 4.69) is 9.88 Å². The van der Waals surface area contributed by atoms with Gasteiger partial charge in [0, 0.05) is 32.6 Å². The van der Waals surface area contributed by atoms with Crippen molar-refractivity contribution in [2.45, 2.75) is 13.3 Å². The highest BCUT2D eigenvalue weighted by molar-refractivity contribution is 7.22. The van der Waals surface area contributed by atoms with E-state index in [1.54, 1.807) is 11.3 Å². The zero-order valence-corrected chi connectivity index (χ0v) is 12.9. The summed E-state index contributed by atoms with van der Waals surface area (Å²) < 4.78 is 1.11. The van der Waals surface area contributed by atoms with E-state index < -0.39 is 0 Å². The molecule has 1 aliphatic rings. The largest absolute Gasteiger partial charge is 0.345 e. The minimum Gasteiger partial charge on any atom is -0.345 e. The number of aromatic nitrogens is 1. The molecule has 0 radical (unpaired) electrons. The third kappa shape index (κ3) is 2.47. The van der Waals surface area contributed by atoms with Crippen molar-refractivity contribution in [1.82, 2.24) is 9.88 Å². The molecule has 1 fully saturated rings. The number of carbonyl (C=O) groups excluding carboxylic acids is 1. The molecule has 6 heteroatoms. The van der Waals surface area contributed by atoms with Gasteiger partial charge in [0.1, 0.15) is 5.52 Å². The normalized spacial score (nSPS) is 15.9. The predicted molar refractivity (Wildman–Crippen MR) is 83.7 cm³/mol. The number of amides is 1. The number of rotatable bonds is 2. The van der Waals surface area contributed by atoms with Crippen molar-refractivity contribution in [2.24, 2.45) is 0 Å². The Labute approximate surface area is 127 Å². The van der Waals surface area contributed by atoms with Gasteiger partial charge in [0.25, 0.3) is 0 Å². The van der Waals surface area contributed by atoms with Crippen molar-refractivity contribution in [1.29, 1.82) is 0 Å². The lowest BCUT2D eigenvalue weighted by atomic mass is 10.3.